The van der Waals surface area contributed by atoms with Crippen molar-refractivity contribution in [2.75, 3.05) is 26.2 Å². The summed E-state index contributed by atoms with van der Waals surface area (Å²) >= 11 is 12.3. The lowest BCUT2D eigenvalue weighted by Crippen LogP contribution is -2.43. The predicted molar refractivity (Wildman–Crippen MR) is 78.9 cm³/mol. The third kappa shape index (κ3) is 4.47. The van der Waals surface area contributed by atoms with Crippen LogP contribution in [-0.2, 0) is 0 Å². The standard InChI is InChI=1S/C14H25Cl2NO2/c15-12-6-11(14(19)7-13(12)16)8-17-4-1-2-10(9-18)3-5-17/h10-14,18-19H,1-9H2. The van der Waals surface area contributed by atoms with E-state index in [0.717, 1.165) is 45.3 Å². The van der Waals surface area contributed by atoms with E-state index in [1.54, 1.807) is 0 Å². The van der Waals surface area contributed by atoms with Gasteiger partial charge in [-0.3, -0.25) is 0 Å². The molecule has 1 aliphatic carbocycles. The van der Waals surface area contributed by atoms with Crippen LogP contribution in [0.5, 0.6) is 0 Å². The minimum Gasteiger partial charge on any atom is -0.396 e. The molecule has 0 aromatic heterocycles. The molecule has 2 rings (SSSR count). The summed E-state index contributed by atoms with van der Waals surface area (Å²) in [6, 6.07) is 0. The molecule has 1 saturated carbocycles. The average Bonchev–Trinajstić information content (AvgIpc) is 2.61. The molecule has 5 heteroatoms. The molecule has 0 bridgehead atoms. The smallest absolute Gasteiger partial charge is 0.0595 e. The first kappa shape index (κ1) is 15.8. The Morgan fingerprint density at radius 2 is 1.79 bits per heavy atom. The molecule has 2 fully saturated rings. The summed E-state index contributed by atoms with van der Waals surface area (Å²) < 4.78 is 0. The molecule has 0 radical (unpaired) electrons. The van der Waals surface area contributed by atoms with Gasteiger partial charge in [-0.1, -0.05) is 0 Å². The Balaban J connectivity index is 1.83. The lowest BCUT2D eigenvalue weighted by molar-refractivity contribution is 0.0495. The summed E-state index contributed by atoms with van der Waals surface area (Å²) in [5.41, 5.74) is 0. The monoisotopic (exact) mass is 309 g/mol. The Kier molecular flexibility index (Phi) is 6.22. The van der Waals surface area contributed by atoms with E-state index in [1.807, 2.05) is 0 Å². The van der Waals surface area contributed by atoms with Crippen LogP contribution in [0.25, 0.3) is 0 Å². The van der Waals surface area contributed by atoms with Crippen molar-refractivity contribution in [3.63, 3.8) is 0 Å². The summed E-state index contributed by atoms with van der Waals surface area (Å²) in [7, 11) is 0. The fourth-order valence-electron chi connectivity index (χ4n) is 3.28. The van der Waals surface area contributed by atoms with Crippen molar-refractivity contribution in [1.29, 1.82) is 0 Å². The highest BCUT2D eigenvalue weighted by molar-refractivity contribution is 6.30. The van der Waals surface area contributed by atoms with Gasteiger partial charge >= 0.3 is 0 Å². The van der Waals surface area contributed by atoms with Gasteiger partial charge in [-0.2, -0.15) is 0 Å². The molecule has 1 aliphatic heterocycles. The van der Waals surface area contributed by atoms with E-state index in [0.29, 0.717) is 18.9 Å². The lowest BCUT2D eigenvalue weighted by Gasteiger charge is -2.36. The van der Waals surface area contributed by atoms with Gasteiger partial charge in [0, 0.05) is 13.2 Å². The highest BCUT2D eigenvalue weighted by Gasteiger charge is 2.35. The molecule has 19 heavy (non-hydrogen) atoms. The number of aliphatic hydroxyl groups is 2. The average molecular weight is 310 g/mol. The molecule has 2 aliphatic rings. The molecule has 2 N–H and O–H groups in total. The van der Waals surface area contributed by atoms with Crippen LogP contribution in [0.1, 0.15) is 32.1 Å². The topological polar surface area (TPSA) is 43.7 Å². The molecule has 5 unspecified atom stereocenters. The minimum absolute atomic E-state index is 0.0211. The minimum atomic E-state index is -0.325. The summed E-state index contributed by atoms with van der Waals surface area (Å²) in [5, 5.41) is 19.3. The predicted octanol–water partition coefficient (Wildman–Crippen LogP) is 2.07. The second kappa shape index (κ2) is 7.46. The van der Waals surface area contributed by atoms with Gasteiger partial charge in [-0.25, -0.2) is 0 Å². The first-order chi connectivity index (χ1) is 9.10. The molecule has 112 valence electrons. The van der Waals surface area contributed by atoms with Crippen LogP contribution in [0.3, 0.4) is 0 Å². The molecular formula is C14H25Cl2NO2. The third-order valence-electron chi connectivity index (χ3n) is 4.62. The summed E-state index contributed by atoms with van der Waals surface area (Å²) in [5.74, 6) is 0.692. The quantitative estimate of drug-likeness (QED) is 0.784. The fourth-order valence-corrected chi connectivity index (χ4v) is 3.90. The summed E-state index contributed by atoms with van der Waals surface area (Å²) in [6.07, 6.45) is 4.39. The van der Waals surface area contributed by atoms with Crippen molar-refractivity contribution >= 4 is 23.2 Å². The van der Waals surface area contributed by atoms with E-state index < -0.39 is 0 Å². The first-order valence-electron chi connectivity index (χ1n) is 7.39. The molecule has 3 nitrogen and oxygen atoms in total. The van der Waals surface area contributed by atoms with Gasteiger partial charge < -0.3 is 15.1 Å². The highest BCUT2D eigenvalue weighted by atomic mass is 35.5. The maximum absolute atomic E-state index is 10.1. The largest absolute Gasteiger partial charge is 0.396 e. The van der Waals surface area contributed by atoms with Gasteiger partial charge in [-0.05, 0) is 57.0 Å². The van der Waals surface area contributed by atoms with Gasteiger partial charge in [0.25, 0.3) is 0 Å². The van der Waals surface area contributed by atoms with Crippen molar-refractivity contribution in [2.45, 2.75) is 49.0 Å². The maximum Gasteiger partial charge on any atom is 0.0595 e. The number of halogens is 2. The molecule has 0 amide bonds. The number of nitrogens with zero attached hydrogens (tertiary/aromatic N) is 1. The Morgan fingerprint density at radius 3 is 2.53 bits per heavy atom. The zero-order chi connectivity index (χ0) is 13.8. The zero-order valence-electron chi connectivity index (χ0n) is 11.3. The van der Waals surface area contributed by atoms with Gasteiger partial charge in [-0.15, -0.1) is 23.2 Å². The van der Waals surface area contributed by atoms with Crippen LogP contribution >= 0.6 is 23.2 Å². The van der Waals surface area contributed by atoms with E-state index in [-0.39, 0.29) is 22.8 Å². The first-order valence-corrected chi connectivity index (χ1v) is 8.27. The number of alkyl halides is 2. The number of likely N-dealkylation sites (tertiary alicyclic amines) is 1. The second-order valence-electron chi connectivity index (χ2n) is 6.11. The normalized spacial score (nSPS) is 42.0. The zero-order valence-corrected chi connectivity index (χ0v) is 12.9. The Labute approximate surface area is 125 Å². The van der Waals surface area contributed by atoms with Crippen LogP contribution in [-0.4, -0.2) is 58.2 Å². The van der Waals surface area contributed by atoms with E-state index in [2.05, 4.69) is 4.90 Å². The summed E-state index contributed by atoms with van der Waals surface area (Å²) in [4.78, 5) is 2.42. The van der Waals surface area contributed by atoms with Crippen LogP contribution in [0.15, 0.2) is 0 Å². The van der Waals surface area contributed by atoms with Crippen LogP contribution in [0, 0.1) is 11.8 Å². The number of rotatable bonds is 3. The van der Waals surface area contributed by atoms with Crippen molar-refractivity contribution in [2.24, 2.45) is 11.8 Å². The molecular weight excluding hydrogens is 285 g/mol. The van der Waals surface area contributed by atoms with Gasteiger partial charge in [0.05, 0.1) is 16.9 Å². The Hall–Kier alpha value is 0.460. The van der Waals surface area contributed by atoms with Gasteiger partial charge in [0.2, 0.25) is 0 Å². The fraction of sp³-hybridized carbons (Fsp3) is 1.00. The highest BCUT2D eigenvalue weighted by Crippen LogP contribution is 2.33. The van der Waals surface area contributed by atoms with Crippen molar-refractivity contribution in [3.05, 3.63) is 0 Å². The third-order valence-corrected chi connectivity index (χ3v) is 5.72. The molecule has 0 aromatic carbocycles. The van der Waals surface area contributed by atoms with E-state index in [4.69, 9.17) is 23.2 Å². The molecule has 0 aromatic rings. The van der Waals surface area contributed by atoms with Crippen LogP contribution in [0.4, 0.5) is 0 Å². The van der Waals surface area contributed by atoms with E-state index in [1.165, 1.54) is 0 Å². The van der Waals surface area contributed by atoms with Gasteiger partial charge in [0.15, 0.2) is 0 Å². The second-order valence-corrected chi connectivity index (χ2v) is 7.23. The lowest BCUT2D eigenvalue weighted by atomic mass is 9.85. The van der Waals surface area contributed by atoms with Crippen LogP contribution in [0.2, 0.25) is 0 Å². The number of hydrogen-bond donors (Lipinski definition) is 2. The molecule has 5 atom stereocenters. The molecule has 1 heterocycles. The Morgan fingerprint density at radius 1 is 1.05 bits per heavy atom. The van der Waals surface area contributed by atoms with Crippen molar-refractivity contribution in [3.8, 4) is 0 Å². The molecule has 1 saturated heterocycles. The maximum atomic E-state index is 10.1. The Bertz CT molecular complexity index is 280. The van der Waals surface area contributed by atoms with Gasteiger partial charge in [0.1, 0.15) is 0 Å². The SMILES string of the molecule is OCC1CCCN(CC2CC(Cl)C(Cl)CC2O)CC1. The van der Waals surface area contributed by atoms with E-state index in [9.17, 15) is 10.2 Å². The number of aliphatic hydroxyl groups excluding tert-OH is 2. The van der Waals surface area contributed by atoms with E-state index >= 15 is 0 Å². The van der Waals surface area contributed by atoms with Crippen LogP contribution < -0.4 is 0 Å². The van der Waals surface area contributed by atoms with Crippen molar-refractivity contribution in [1.82, 2.24) is 4.90 Å². The molecule has 0 spiro atoms. The summed E-state index contributed by atoms with van der Waals surface area (Å²) in [6.45, 7) is 3.30. The number of hydrogen-bond acceptors (Lipinski definition) is 3. The van der Waals surface area contributed by atoms with Crippen molar-refractivity contribution < 1.29 is 10.2 Å².